The van der Waals surface area contributed by atoms with E-state index in [4.69, 9.17) is 9.47 Å². The summed E-state index contributed by atoms with van der Waals surface area (Å²) in [5, 5.41) is 9.27. The number of nitrogens with zero attached hydrogens (tertiary/aromatic N) is 2. The number of aliphatic hydroxyl groups excluding tert-OH is 1. The van der Waals surface area contributed by atoms with Gasteiger partial charge in [0.2, 0.25) is 0 Å². The molecule has 2 saturated heterocycles. The molecule has 1 N–H and O–H groups in total. The minimum atomic E-state index is -4.29. The van der Waals surface area contributed by atoms with E-state index in [1.165, 1.54) is 4.90 Å². The number of halogens is 3. The Bertz CT molecular complexity index is 798. The van der Waals surface area contributed by atoms with E-state index in [1.807, 2.05) is 26.8 Å². The van der Waals surface area contributed by atoms with Crippen LogP contribution in [0.2, 0.25) is 0 Å². The van der Waals surface area contributed by atoms with Crippen molar-refractivity contribution in [2.24, 2.45) is 0 Å². The van der Waals surface area contributed by atoms with Crippen LogP contribution in [-0.2, 0) is 4.74 Å². The maximum absolute atomic E-state index is 13.0. The lowest BCUT2D eigenvalue weighted by atomic mass is 9.88. The number of carbonyl (C=O) groups excluding carboxylic acids is 1. The van der Waals surface area contributed by atoms with E-state index in [1.54, 1.807) is 17.0 Å². The number of morpholine rings is 1. The van der Waals surface area contributed by atoms with Crippen molar-refractivity contribution < 1.29 is 34.0 Å². The minimum Gasteiger partial charge on any atom is -0.491 e. The Hall–Kier alpha value is -1.84. The van der Waals surface area contributed by atoms with Gasteiger partial charge in [-0.3, -0.25) is 9.69 Å². The number of carbonyl (C=O) groups is 1. The lowest BCUT2D eigenvalue weighted by Gasteiger charge is -2.50. The number of aryl methyl sites for hydroxylation is 1. The summed E-state index contributed by atoms with van der Waals surface area (Å²) in [4.78, 5) is 16.1. The zero-order chi connectivity index (χ0) is 23.5. The van der Waals surface area contributed by atoms with Gasteiger partial charge in [0.25, 0.3) is 5.91 Å². The van der Waals surface area contributed by atoms with E-state index in [0.29, 0.717) is 37.9 Å². The van der Waals surface area contributed by atoms with E-state index in [9.17, 15) is 23.1 Å². The van der Waals surface area contributed by atoms with Gasteiger partial charge in [0.1, 0.15) is 5.75 Å². The number of amides is 1. The fourth-order valence-corrected chi connectivity index (χ4v) is 4.60. The zero-order valence-electron chi connectivity index (χ0n) is 19.0. The molecule has 1 amide bonds. The summed E-state index contributed by atoms with van der Waals surface area (Å²) in [6.45, 7) is 5.79. The topological polar surface area (TPSA) is 62.2 Å². The predicted octanol–water partition coefficient (Wildman–Crippen LogP) is 3.65. The van der Waals surface area contributed by atoms with Gasteiger partial charge in [0.15, 0.2) is 0 Å². The molecule has 2 aliphatic heterocycles. The quantitative estimate of drug-likeness (QED) is 0.702. The number of benzene rings is 1. The lowest BCUT2D eigenvalue weighted by Crippen LogP contribution is -2.61. The molecule has 32 heavy (non-hydrogen) atoms. The van der Waals surface area contributed by atoms with E-state index < -0.39 is 24.4 Å². The van der Waals surface area contributed by atoms with Gasteiger partial charge in [-0.25, -0.2) is 0 Å². The third-order valence-electron chi connectivity index (χ3n) is 5.99. The lowest BCUT2D eigenvalue weighted by molar-refractivity contribution is -0.206. The maximum Gasteiger partial charge on any atom is 0.401 e. The summed E-state index contributed by atoms with van der Waals surface area (Å²) in [5.41, 5.74) is 0.713. The van der Waals surface area contributed by atoms with Gasteiger partial charge in [-0.1, -0.05) is 0 Å². The normalized spacial score (nSPS) is 21.9. The fraction of sp³-hybridized carbons (Fsp3) is 0.696. The molecule has 0 bridgehead atoms. The summed E-state index contributed by atoms with van der Waals surface area (Å²) >= 11 is 0. The Balaban J connectivity index is 0.00000385. The zero-order valence-corrected chi connectivity index (χ0v) is 19.0. The molecule has 1 aromatic carbocycles. The minimum absolute atomic E-state index is 0. The standard InChI is InChI=1S/C23H33F3N2O4.H2/c1-16(2)31-20-5-4-18(12-17(20)3)21(30)28-9-7-22(8-10-28)14-27(15-23(24,25)26)13-19(32-22)6-11-29;/h4-5,12,16,19,29H,6-11,13-15H2,1-3H3;1H. The third kappa shape index (κ3) is 6.36. The molecule has 1 spiro atoms. The van der Waals surface area contributed by atoms with Crippen molar-refractivity contribution in [1.29, 1.82) is 0 Å². The van der Waals surface area contributed by atoms with Gasteiger partial charge in [0, 0.05) is 39.8 Å². The van der Waals surface area contributed by atoms with Crippen molar-refractivity contribution in [3.8, 4) is 5.75 Å². The van der Waals surface area contributed by atoms with Crippen molar-refractivity contribution in [3.63, 3.8) is 0 Å². The second-order valence-electron chi connectivity index (χ2n) is 9.16. The first-order valence-electron chi connectivity index (χ1n) is 11.1. The highest BCUT2D eigenvalue weighted by atomic mass is 19.4. The van der Waals surface area contributed by atoms with Gasteiger partial charge in [0.05, 0.1) is 24.4 Å². The van der Waals surface area contributed by atoms with Crippen molar-refractivity contribution in [2.45, 2.75) is 64.0 Å². The molecule has 9 heteroatoms. The summed E-state index contributed by atoms with van der Waals surface area (Å²) in [7, 11) is 0. The van der Waals surface area contributed by atoms with Crippen LogP contribution in [0.15, 0.2) is 18.2 Å². The van der Waals surface area contributed by atoms with Crippen LogP contribution in [0.25, 0.3) is 0 Å². The van der Waals surface area contributed by atoms with Crippen LogP contribution in [0.1, 0.15) is 50.5 Å². The number of rotatable bonds is 6. The molecule has 2 heterocycles. The van der Waals surface area contributed by atoms with Crippen molar-refractivity contribution >= 4 is 5.91 Å². The Kier molecular flexibility index (Phi) is 7.73. The Morgan fingerprint density at radius 1 is 1.34 bits per heavy atom. The third-order valence-corrected chi connectivity index (χ3v) is 5.99. The molecule has 1 unspecified atom stereocenters. The highest BCUT2D eigenvalue weighted by molar-refractivity contribution is 5.94. The molecular formula is C23H35F3N2O4. The fourth-order valence-electron chi connectivity index (χ4n) is 4.60. The first kappa shape index (κ1) is 24.8. The monoisotopic (exact) mass is 460 g/mol. The van der Waals surface area contributed by atoms with Crippen LogP contribution in [0.5, 0.6) is 5.75 Å². The molecule has 0 aliphatic carbocycles. The largest absolute Gasteiger partial charge is 0.491 e. The molecular weight excluding hydrogens is 425 g/mol. The number of aliphatic hydroxyl groups is 1. The van der Waals surface area contributed by atoms with Crippen molar-refractivity contribution in [1.82, 2.24) is 9.80 Å². The SMILES string of the molecule is Cc1cc(C(=O)N2CCC3(CC2)CN(CC(F)(F)F)CC(CCO)O3)ccc1OC(C)C.[HH]. The summed E-state index contributed by atoms with van der Waals surface area (Å²) in [5.74, 6) is 0.637. The molecule has 2 aliphatic rings. The number of piperidine rings is 1. The highest BCUT2D eigenvalue weighted by Gasteiger charge is 2.45. The number of hydrogen-bond acceptors (Lipinski definition) is 5. The molecule has 2 fully saturated rings. The number of hydrogen-bond donors (Lipinski definition) is 1. The molecule has 0 aromatic heterocycles. The van der Waals surface area contributed by atoms with Gasteiger partial charge in [-0.15, -0.1) is 0 Å². The molecule has 6 nitrogen and oxygen atoms in total. The Morgan fingerprint density at radius 3 is 2.59 bits per heavy atom. The first-order chi connectivity index (χ1) is 15.0. The summed E-state index contributed by atoms with van der Waals surface area (Å²) in [6, 6.07) is 5.35. The van der Waals surface area contributed by atoms with Crippen LogP contribution in [0.3, 0.4) is 0 Å². The second kappa shape index (κ2) is 9.97. The number of likely N-dealkylation sites (tertiary alicyclic amines) is 1. The predicted molar refractivity (Wildman–Crippen MR) is 116 cm³/mol. The molecule has 1 atom stereocenters. The average molecular weight is 461 g/mol. The van der Waals surface area contributed by atoms with E-state index in [2.05, 4.69) is 0 Å². The van der Waals surface area contributed by atoms with Crippen LogP contribution in [0.4, 0.5) is 13.2 Å². The van der Waals surface area contributed by atoms with Gasteiger partial charge < -0.3 is 19.5 Å². The molecule has 182 valence electrons. The van der Waals surface area contributed by atoms with Gasteiger partial charge in [-0.05, 0) is 63.8 Å². The van der Waals surface area contributed by atoms with Gasteiger partial charge >= 0.3 is 6.18 Å². The van der Waals surface area contributed by atoms with Crippen molar-refractivity contribution in [2.75, 3.05) is 39.3 Å². The Morgan fingerprint density at radius 2 is 2.03 bits per heavy atom. The van der Waals surface area contributed by atoms with Crippen molar-refractivity contribution in [3.05, 3.63) is 29.3 Å². The average Bonchev–Trinajstić information content (AvgIpc) is 2.68. The smallest absolute Gasteiger partial charge is 0.401 e. The number of alkyl halides is 3. The molecule has 0 radical (unpaired) electrons. The highest BCUT2D eigenvalue weighted by Crippen LogP contribution is 2.35. The molecule has 1 aromatic rings. The van der Waals surface area contributed by atoms with E-state index in [-0.39, 0.29) is 33.1 Å². The molecule has 3 rings (SSSR count). The summed E-state index contributed by atoms with van der Waals surface area (Å²) < 4.78 is 50.9. The second-order valence-corrected chi connectivity index (χ2v) is 9.16. The number of ether oxygens (including phenoxy) is 2. The Labute approximate surface area is 188 Å². The van der Waals surface area contributed by atoms with Crippen LogP contribution < -0.4 is 4.74 Å². The first-order valence-corrected chi connectivity index (χ1v) is 11.1. The van der Waals surface area contributed by atoms with Crippen LogP contribution >= 0.6 is 0 Å². The maximum atomic E-state index is 13.0. The molecule has 0 saturated carbocycles. The van der Waals surface area contributed by atoms with E-state index in [0.717, 1.165) is 11.3 Å². The van der Waals surface area contributed by atoms with Crippen LogP contribution in [0, 0.1) is 6.92 Å². The van der Waals surface area contributed by atoms with E-state index >= 15 is 0 Å². The van der Waals surface area contributed by atoms with Crippen LogP contribution in [-0.4, -0.2) is 84.1 Å². The van der Waals surface area contributed by atoms with Gasteiger partial charge in [-0.2, -0.15) is 13.2 Å². The summed E-state index contributed by atoms with van der Waals surface area (Å²) in [6.07, 6.45) is -3.49.